The van der Waals surface area contributed by atoms with E-state index >= 15 is 0 Å². The zero-order valence-corrected chi connectivity index (χ0v) is 10.6. The minimum Gasteiger partial charge on any atom is -0.343 e. The molecule has 3 heteroatoms. The average Bonchev–Trinajstić information content (AvgIpc) is 2.40. The second-order valence-corrected chi connectivity index (χ2v) is 4.69. The Morgan fingerprint density at radius 2 is 1.83 bits per heavy atom. The van der Waals surface area contributed by atoms with Gasteiger partial charge in [0.15, 0.2) is 0 Å². The van der Waals surface area contributed by atoms with Crippen LogP contribution in [0.1, 0.15) is 29.8 Å². The number of aromatic nitrogens is 1. The summed E-state index contributed by atoms with van der Waals surface area (Å²) in [5.74, 6) is -0.0792. The molecule has 1 aromatic heterocycles. The van der Waals surface area contributed by atoms with Gasteiger partial charge in [-0.1, -0.05) is 24.3 Å². The number of nitrogens with zero attached hydrogens (tertiary/aromatic N) is 1. The van der Waals surface area contributed by atoms with Gasteiger partial charge in [-0.15, -0.1) is 0 Å². The second-order valence-electron chi connectivity index (χ2n) is 4.69. The van der Waals surface area contributed by atoms with Crippen molar-refractivity contribution < 1.29 is 4.79 Å². The van der Waals surface area contributed by atoms with Crippen LogP contribution in [-0.2, 0) is 5.54 Å². The molecule has 0 unspecified atom stereocenters. The van der Waals surface area contributed by atoms with E-state index < -0.39 is 5.54 Å². The van der Waals surface area contributed by atoms with Crippen molar-refractivity contribution in [2.45, 2.75) is 19.4 Å². The van der Waals surface area contributed by atoms with Crippen LogP contribution in [0.15, 0.2) is 54.9 Å². The fourth-order valence-electron chi connectivity index (χ4n) is 1.75. The van der Waals surface area contributed by atoms with E-state index in [1.165, 1.54) is 0 Å². The molecule has 0 saturated heterocycles. The minimum absolute atomic E-state index is 0.0792. The molecule has 0 aliphatic rings. The Labute approximate surface area is 107 Å². The lowest BCUT2D eigenvalue weighted by molar-refractivity contribution is 0.0912. The minimum atomic E-state index is -0.443. The molecule has 18 heavy (non-hydrogen) atoms. The number of hydrogen-bond donors (Lipinski definition) is 1. The number of benzene rings is 1. The zero-order valence-electron chi connectivity index (χ0n) is 10.6. The Morgan fingerprint density at radius 3 is 2.44 bits per heavy atom. The summed E-state index contributed by atoms with van der Waals surface area (Å²) in [6.07, 6.45) is 3.49. The van der Waals surface area contributed by atoms with Crippen LogP contribution in [0.3, 0.4) is 0 Å². The summed E-state index contributed by atoms with van der Waals surface area (Å²) < 4.78 is 0. The van der Waals surface area contributed by atoms with Gasteiger partial charge >= 0.3 is 0 Å². The predicted octanol–water partition coefficient (Wildman–Crippen LogP) is 2.75. The molecule has 1 amide bonds. The fraction of sp³-hybridized carbons (Fsp3) is 0.200. The molecule has 0 fully saturated rings. The second kappa shape index (κ2) is 5.00. The third-order valence-corrected chi connectivity index (χ3v) is 2.85. The highest BCUT2D eigenvalue weighted by atomic mass is 16.1. The van der Waals surface area contributed by atoms with Crippen LogP contribution in [0.2, 0.25) is 0 Å². The highest BCUT2D eigenvalue weighted by Crippen LogP contribution is 2.19. The van der Waals surface area contributed by atoms with Crippen LogP contribution < -0.4 is 5.32 Å². The van der Waals surface area contributed by atoms with Crippen LogP contribution in [0.25, 0.3) is 0 Å². The lowest BCUT2D eigenvalue weighted by atomic mass is 9.95. The fourth-order valence-corrected chi connectivity index (χ4v) is 1.75. The van der Waals surface area contributed by atoms with E-state index in [0.29, 0.717) is 5.56 Å². The Kier molecular flexibility index (Phi) is 3.42. The molecule has 1 N–H and O–H groups in total. The standard InChI is InChI=1S/C15H16N2O/c1-15(2,13-9-6-10-16-11-13)17-14(18)12-7-4-3-5-8-12/h3-11H,1-2H3,(H,17,18). The lowest BCUT2D eigenvalue weighted by Crippen LogP contribution is -2.41. The monoisotopic (exact) mass is 240 g/mol. The summed E-state index contributed by atoms with van der Waals surface area (Å²) in [6, 6.07) is 13.0. The molecule has 0 aliphatic carbocycles. The highest BCUT2D eigenvalue weighted by Gasteiger charge is 2.23. The molecule has 2 aromatic rings. The maximum Gasteiger partial charge on any atom is 0.251 e. The van der Waals surface area contributed by atoms with Gasteiger partial charge in [-0.05, 0) is 37.6 Å². The van der Waals surface area contributed by atoms with Crippen molar-refractivity contribution in [1.29, 1.82) is 0 Å². The van der Waals surface area contributed by atoms with E-state index in [2.05, 4.69) is 10.3 Å². The van der Waals surface area contributed by atoms with Crippen molar-refractivity contribution >= 4 is 5.91 Å². The number of amides is 1. The van der Waals surface area contributed by atoms with Gasteiger partial charge in [0, 0.05) is 18.0 Å². The molecule has 1 aromatic carbocycles. The van der Waals surface area contributed by atoms with E-state index in [1.54, 1.807) is 24.5 Å². The van der Waals surface area contributed by atoms with Gasteiger partial charge in [-0.3, -0.25) is 9.78 Å². The Morgan fingerprint density at radius 1 is 1.11 bits per heavy atom. The number of nitrogens with one attached hydrogen (secondary N) is 1. The molecule has 0 aliphatic heterocycles. The molecular weight excluding hydrogens is 224 g/mol. The smallest absolute Gasteiger partial charge is 0.251 e. The summed E-state index contributed by atoms with van der Waals surface area (Å²) in [4.78, 5) is 16.2. The Bertz CT molecular complexity index is 521. The topological polar surface area (TPSA) is 42.0 Å². The molecule has 92 valence electrons. The van der Waals surface area contributed by atoms with Gasteiger partial charge < -0.3 is 5.32 Å². The number of rotatable bonds is 3. The first-order chi connectivity index (χ1) is 8.59. The number of carbonyl (C=O) groups is 1. The number of carbonyl (C=O) groups excluding carboxylic acids is 1. The van der Waals surface area contributed by atoms with Gasteiger partial charge in [0.25, 0.3) is 5.91 Å². The molecule has 0 saturated carbocycles. The first-order valence-electron chi connectivity index (χ1n) is 5.88. The molecule has 2 rings (SSSR count). The van der Waals surface area contributed by atoms with Crippen molar-refractivity contribution in [1.82, 2.24) is 10.3 Å². The van der Waals surface area contributed by atoms with Crippen LogP contribution in [-0.4, -0.2) is 10.9 Å². The first kappa shape index (κ1) is 12.3. The lowest BCUT2D eigenvalue weighted by Gasteiger charge is -2.26. The van der Waals surface area contributed by atoms with Crippen LogP contribution >= 0.6 is 0 Å². The van der Waals surface area contributed by atoms with E-state index in [-0.39, 0.29) is 5.91 Å². The van der Waals surface area contributed by atoms with Crippen LogP contribution in [0.4, 0.5) is 0 Å². The molecule has 3 nitrogen and oxygen atoms in total. The normalized spacial score (nSPS) is 11.0. The van der Waals surface area contributed by atoms with Crippen molar-refractivity contribution in [3.63, 3.8) is 0 Å². The predicted molar refractivity (Wildman–Crippen MR) is 71.2 cm³/mol. The third kappa shape index (κ3) is 2.74. The third-order valence-electron chi connectivity index (χ3n) is 2.85. The average molecular weight is 240 g/mol. The largest absolute Gasteiger partial charge is 0.343 e. The highest BCUT2D eigenvalue weighted by molar-refractivity contribution is 5.94. The SMILES string of the molecule is CC(C)(NC(=O)c1ccccc1)c1cccnc1. The van der Waals surface area contributed by atoms with E-state index in [1.807, 2.05) is 44.2 Å². The van der Waals surface area contributed by atoms with Gasteiger partial charge in [0.05, 0.1) is 5.54 Å². The van der Waals surface area contributed by atoms with Crippen molar-refractivity contribution in [2.75, 3.05) is 0 Å². The molecule has 0 radical (unpaired) electrons. The van der Waals surface area contributed by atoms with Crippen LogP contribution in [0, 0.1) is 0 Å². The zero-order chi connectivity index (χ0) is 13.0. The number of pyridine rings is 1. The molecule has 0 atom stereocenters. The number of hydrogen-bond acceptors (Lipinski definition) is 2. The van der Waals surface area contributed by atoms with E-state index in [9.17, 15) is 4.79 Å². The summed E-state index contributed by atoms with van der Waals surface area (Å²) in [7, 11) is 0. The van der Waals surface area contributed by atoms with Crippen molar-refractivity contribution in [3.8, 4) is 0 Å². The van der Waals surface area contributed by atoms with Crippen LogP contribution in [0.5, 0.6) is 0 Å². The van der Waals surface area contributed by atoms with E-state index in [0.717, 1.165) is 5.56 Å². The maximum atomic E-state index is 12.1. The summed E-state index contributed by atoms with van der Waals surface area (Å²) >= 11 is 0. The van der Waals surface area contributed by atoms with Gasteiger partial charge in [-0.25, -0.2) is 0 Å². The van der Waals surface area contributed by atoms with Crippen molar-refractivity contribution in [3.05, 3.63) is 66.0 Å². The summed E-state index contributed by atoms with van der Waals surface area (Å²) in [5.41, 5.74) is 1.20. The molecular formula is C15H16N2O. The summed E-state index contributed by atoms with van der Waals surface area (Å²) in [6.45, 7) is 3.93. The quantitative estimate of drug-likeness (QED) is 0.896. The Balaban J connectivity index is 2.17. The molecule has 0 bridgehead atoms. The first-order valence-corrected chi connectivity index (χ1v) is 5.88. The molecule has 1 heterocycles. The maximum absolute atomic E-state index is 12.1. The van der Waals surface area contributed by atoms with E-state index in [4.69, 9.17) is 0 Å². The van der Waals surface area contributed by atoms with Crippen molar-refractivity contribution in [2.24, 2.45) is 0 Å². The molecule has 0 spiro atoms. The van der Waals surface area contributed by atoms with Gasteiger partial charge in [-0.2, -0.15) is 0 Å². The summed E-state index contributed by atoms with van der Waals surface area (Å²) in [5, 5.41) is 3.01. The van der Waals surface area contributed by atoms with Gasteiger partial charge in [0.2, 0.25) is 0 Å². The van der Waals surface area contributed by atoms with Gasteiger partial charge in [0.1, 0.15) is 0 Å². The Hall–Kier alpha value is -2.16.